The number of nitrogens with one attached hydrogen (secondary N) is 1. The zero-order valence-electron chi connectivity index (χ0n) is 10.8. The molecular formula is C14H12BrNO4S. The van der Waals surface area contributed by atoms with Gasteiger partial charge in [-0.05, 0) is 35.7 Å². The minimum atomic E-state index is -1.10. The number of rotatable bonds is 6. The van der Waals surface area contributed by atoms with E-state index in [-0.39, 0.29) is 6.61 Å². The Labute approximate surface area is 133 Å². The van der Waals surface area contributed by atoms with Crippen molar-refractivity contribution in [2.24, 2.45) is 0 Å². The molecule has 1 aromatic carbocycles. The Hall–Kier alpha value is -1.86. The monoisotopic (exact) mass is 369 g/mol. The number of thiophene rings is 1. The van der Waals surface area contributed by atoms with Crippen molar-refractivity contribution in [3.63, 3.8) is 0 Å². The number of benzene rings is 1. The third-order valence-corrected chi connectivity index (χ3v) is 4.03. The predicted molar refractivity (Wildman–Crippen MR) is 82.5 cm³/mol. The second-order valence-electron chi connectivity index (χ2n) is 4.10. The first-order valence-corrected chi connectivity index (χ1v) is 7.67. The van der Waals surface area contributed by atoms with Gasteiger partial charge in [-0.15, -0.1) is 11.3 Å². The average molecular weight is 370 g/mol. The highest BCUT2D eigenvalue weighted by Gasteiger charge is 2.23. The number of carbonyl (C=O) groups is 2. The normalized spacial score (nSPS) is 11.7. The molecule has 1 amide bonds. The van der Waals surface area contributed by atoms with Crippen molar-refractivity contribution < 1.29 is 19.4 Å². The number of hydrogen-bond acceptors (Lipinski definition) is 4. The van der Waals surface area contributed by atoms with E-state index in [1.807, 2.05) is 0 Å². The number of carbonyl (C=O) groups excluding carboxylic acids is 1. The van der Waals surface area contributed by atoms with E-state index in [0.717, 1.165) is 4.47 Å². The quantitative estimate of drug-likeness (QED) is 0.820. The van der Waals surface area contributed by atoms with Crippen molar-refractivity contribution in [2.75, 3.05) is 6.61 Å². The fraction of sp³-hybridized carbons (Fsp3) is 0.143. The van der Waals surface area contributed by atoms with Crippen LogP contribution < -0.4 is 10.1 Å². The van der Waals surface area contributed by atoms with E-state index < -0.39 is 17.9 Å². The topological polar surface area (TPSA) is 75.6 Å². The summed E-state index contributed by atoms with van der Waals surface area (Å²) in [5.41, 5.74) is 0. The molecule has 0 radical (unpaired) electrons. The van der Waals surface area contributed by atoms with E-state index >= 15 is 0 Å². The molecule has 0 saturated heterocycles. The van der Waals surface area contributed by atoms with Crippen LogP contribution in [0, 0.1) is 0 Å². The number of amides is 1. The molecule has 0 aliphatic carbocycles. The average Bonchev–Trinajstić information content (AvgIpc) is 2.97. The van der Waals surface area contributed by atoms with E-state index in [9.17, 15) is 9.59 Å². The second kappa shape index (κ2) is 7.24. The molecule has 2 aromatic rings. The van der Waals surface area contributed by atoms with Crippen LogP contribution in [-0.4, -0.2) is 23.6 Å². The van der Waals surface area contributed by atoms with Crippen LogP contribution in [0.1, 0.15) is 10.9 Å². The maximum atomic E-state index is 11.8. The fourth-order valence-electron chi connectivity index (χ4n) is 1.59. The van der Waals surface area contributed by atoms with Gasteiger partial charge in [0.05, 0.1) is 0 Å². The van der Waals surface area contributed by atoms with E-state index in [4.69, 9.17) is 9.84 Å². The van der Waals surface area contributed by atoms with Crippen molar-refractivity contribution in [3.05, 3.63) is 51.1 Å². The molecule has 2 rings (SSSR count). The SMILES string of the molecule is O=C(COc1ccc(Br)cc1)NC(C(=O)O)c1cccs1. The Morgan fingerprint density at radius 3 is 2.57 bits per heavy atom. The van der Waals surface area contributed by atoms with Gasteiger partial charge in [0, 0.05) is 9.35 Å². The molecule has 5 nitrogen and oxygen atoms in total. The Morgan fingerprint density at radius 2 is 2.00 bits per heavy atom. The standard InChI is InChI=1S/C14H12BrNO4S/c15-9-3-5-10(6-4-9)20-8-12(17)16-13(14(18)19)11-2-1-7-21-11/h1-7,13H,8H2,(H,16,17)(H,18,19). The van der Waals surface area contributed by atoms with Crippen LogP contribution in [0.4, 0.5) is 0 Å². The lowest BCUT2D eigenvalue weighted by molar-refractivity contribution is -0.142. The fourth-order valence-corrected chi connectivity index (χ4v) is 2.62. The molecule has 0 bridgehead atoms. The minimum Gasteiger partial charge on any atom is -0.484 e. The van der Waals surface area contributed by atoms with Gasteiger partial charge >= 0.3 is 5.97 Å². The van der Waals surface area contributed by atoms with Gasteiger partial charge in [0.15, 0.2) is 12.6 Å². The van der Waals surface area contributed by atoms with Crippen molar-refractivity contribution in [2.45, 2.75) is 6.04 Å². The Kier molecular flexibility index (Phi) is 5.35. The molecule has 0 aliphatic rings. The van der Waals surface area contributed by atoms with Gasteiger partial charge in [-0.1, -0.05) is 22.0 Å². The Balaban J connectivity index is 1.91. The Morgan fingerprint density at radius 1 is 1.29 bits per heavy atom. The predicted octanol–water partition coefficient (Wildman–Crippen LogP) is 2.83. The van der Waals surface area contributed by atoms with Crippen LogP contribution in [0.2, 0.25) is 0 Å². The summed E-state index contributed by atoms with van der Waals surface area (Å²) in [4.78, 5) is 23.5. The third kappa shape index (κ3) is 4.57. The number of carboxylic acid groups (broad SMARTS) is 1. The van der Waals surface area contributed by atoms with Crippen LogP contribution in [0.3, 0.4) is 0 Å². The van der Waals surface area contributed by atoms with E-state index in [0.29, 0.717) is 10.6 Å². The highest BCUT2D eigenvalue weighted by molar-refractivity contribution is 9.10. The summed E-state index contributed by atoms with van der Waals surface area (Å²) in [5, 5.41) is 13.4. The number of hydrogen-bond donors (Lipinski definition) is 2. The minimum absolute atomic E-state index is 0.239. The van der Waals surface area contributed by atoms with Crippen LogP contribution in [0.15, 0.2) is 46.3 Å². The lowest BCUT2D eigenvalue weighted by Gasteiger charge is -2.13. The molecule has 2 N–H and O–H groups in total. The molecule has 0 saturated carbocycles. The van der Waals surface area contributed by atoms with Crippen LogP contribution in [0.5, 0.6) is 5.75 Å². The first kappa shape index (κ1) is 15.5. The van der Waals surface area contributed by atoms with Crippen molar-refractivity contribution in [3.8, 4) is 5.75 Å². The zero-order valence-corrected chi connectivity index (χ0v) is 13.2. The highest BCUT2D eigenvalue weighted by Crippen LogP contribution is 2.19. The van der Waals surface area contributed by atoms with Crippen LogP contribution in [0.25, 0.3) is 0 Å². The number of halogens is 1. The van der Waals surface area contributed by atoms with Crippen molar-refractivity contribution in [1.82, 2.24) is 5.32 Å². The summed E-state index contributed by atoms with van der Waals surface area (Å²) in [7, 11) is 0. The molecule has 7 heteroatoms. The highest BCUT2D eigenvalue weighted by atomic mass is 79.9. The lowest BCUT2D eigenvalue weighted by Crippen LogP contribution is -2.36. The van der Waals surface area contributed by atoms with E-state index in [1.54, 1.807) is 41.8 Å². The zero-order chi connectivity index (χ0) is 15.2. The second-order valence-corrected chi connectivity index (χ2v) is 5.99. The van der Waals surface area contributed by atoms with Gasteiger partial charge in [-0.2, -0.15) is 0 Å². The molecule has 1 unspecified atom stereocenters. The summed E-state index contributed by atoms with van der Waals surface area (Å²) in [6.07, 6.45) is 0. The first-order valence-electron chi connectivity index (χ1n) is 6.00. The number of carboxylic acids is 1. The molecule has 0 fully saturated rings. The number of aliphatic carboxylic acids is 1. The summed E-state index contributed by atoms with van der Waals surface area (Å²) in [6.45, 7) is -0.239. The summed E-state index contributed by atoms with van der Waals surface area (Å²) in [6, 6.07) is 9.36. The van der Waals surface area contributed by atoms with Gasteiger partial charge < -0.3 is 15.2 Å². The number of ether oxygens (including phenoxy) is 1. The lowest BCUT2D eigenvalue weighted by atomic mass is 10.2. The molecule has 1 heterocycles. The van der Waals surface area contributed by atoms with Gasteiger partial charge in [0.1, 0.15) is 5.75 Å². The molecule has 0 aliphatic heterocycles. The van der Waals surface area contributed by atoms with E-state index in [2.05, 4.69) is 21.2 Å². The van der Waals surface area contributed by atoms with E-state index in [1.165, 1.54) is 11.3 Å². The largest absolute Gasteiger partial charge is 0.484 e. The smallest absolute Gasteiger partial charge is 0.331 e. The first-order chi connectivity index (χ1) is 10.1. The summed E-state index contributed by atoms with van der Waals surface area (Å²) >= 11 is 4.57. The van der Waals surface area contributed by atoms with Gasteiger partial charge in [0.2, 0.25) is 0 Å². The van der Waals surface area contributed by atoms with Crippen molar-refractivity contribution >= 4 is 39.1 Å². The maximum absolute atomic E-state index is 11.8. The molecule has 0 spiro atoms. The molecule has 21 heavy (non-hydrogen) atoms. The molecular weight excluding hydrogens is 358 g/mol. The van der Waals surface area contributed by atoms with Gasteiger partial charge in [0.25, 0.3) is 5.91 Å². The van der Waals surface area contributed by atoms with Crippen molar-refractivity contribution in [1.29, 1.82) is 0 Å². The molecule has 1 atom stereocenters. The third-order valence-electron chi connectivity index (χ3n) is 2.56. The van der Waals surface area contributed by atoms with Gasteiger partial charge in [-0.3, -0.25) is 4.79 Å². The summed E-state index contributed by atoms with van der Waals surface area (Å²) < 4.78 is 6.20. The Bertz CT molecular complexity index is 612. The molecule has 110 valence electrons. The van der Waals surface area contributed by atoms with Gasteiger partial charge in [-0.25, -0.2) is 4.79 Å². The van der Waals surface area contributed by atoms with Crippen LogP contribution >= 0.6 is 27.3 Å². The summed E-state index contributed by atoms with van der Waals surface area (Å²) in [5.74, 6) is -1.05. The van der Waals surface area contributed by atoms with Crippen LogP contribution in [-0.2, 0) is 9.59 Å². The molecule has 1 aromatic heterocycles. The maximum Gasteiger partial charge on any atom is 0.331 e.